The van der Waals surface area contributed by atoms with Gasteiger partial charge in [-0.1, -0.05) is 31.9 Å². The molecule has 0 saturated heterocycles. The fourth-order valence-electron chi connectivity index (χ4n) is 0. The summed E-state index contributed by atoms with van der Waals surface area (Å²) >= 11 is 13.8. The Balaban J connectivity index is -0.0000000394. The molecule has 0 bridgehead atoms. The van der Waals surface area contributed by atoms with Gasteiger partial charge in [-0.15, -0.1) is 12.3 Å². The van der Waals surface area contributed by atoms with Gasteiger partial charge in [0.2, 0.25) is 5.91 Å². The number of Topliss-reactive ketones (excluding diaryl/α,β-unsaturated/α-hetero) is 1. The third-order valence-electron chi connectivity index (χ3n) is 2.51. The average molecular weight is 629 g/mol. The topological polar surface area (TPSA) is 103 Å². The summed E-state index contributed by atoms with van der Waals surface area (Å²) in [6.07, 6.45) is 4.60. The van der Waals surface area contributed by atoms with Gasteiger partial charge in [-0.3, -0.25) is 15.0 Å². The number of nitrogens with zero attached hydrogens (tertiary/aromatic N) is 3. The van der Waals surface area contributed by atoms with Crippen molar-refractivity contribution in [2.24, 2.45) is 0 Å². The Hall–Kier alpha value is -2.49. The van der Waals surface area contributed by atoms with Crippen LogP contribution in [0, 0.1) is 17.8 Å². The van der Waals surface area contributed by atoms with Crippen LogP contribution in [0.1, 0.15) is 76.7 Å². The van der Waals surface area contributed by atoms with Crippen LogP contribution in [0.25, 0.3) is 0 Å². The Kier molecular flexibility index (Phi) is 76.1. The Morgan fingerprint density at radius 1 is 0.700 bits per heavy atom. The highest BCUT2D eigenvalue weighted by atomic mass is 32.1. The normalized spacial score (nSPS) is 6.72. The molecule has 0 aromatic heterocycles. The number of amidine groups is 1. The minimum atomic E-state index is -0.245. The summed E-state index contributed by atoms with van der Waals surface area (Å²) in [5.41, 5.74) is 0. The van der Waals surface area contributed by atoms with E-state index in [4.69, 9.17) is 17.6 Å². The van der Waals surface area contributed by atoms with Gasteiger partial charge in [0.15, 0.2) is 5.05 Å². The van der Waals surface area contributed by atoms with Crippen LogP contribution in [0.5, 0.6) is 0 Å². The van der Waals surface area contributed by atoms with Crippen LogP contribution in [0.3, 0.4) is 0 Å². The largest absolute Gasteiger partial charge is 0.491 e. The summed E-state index contributed by atoms with van der Waals surface area (Å²) in [6.45, 7) is 16.8. The summed E-state index contributed by atoms with van der Waals surface area (Å²) in [7, 11) is 13.9. The van der Waals surface area contributed by atoms with E-state index in [2.05, 4.69) is 46.3 Å². The average Bonchev–Trinajstić information content (AvgIpc) is 2.74. The molecular formula is C28H60N4O5S3. The van der Waals surface area contributed by atoms with Crippen molar-refractivity contribution in [2.45, 2.75) is 76.7 Å². The number of ether oxygens (including phenoxy) is 2. The van der Waals surface area contributed by atoms with Crippen LogP contribution in [-0.4, -0.2) is 110 Å². The van der Waals surface area contributed by atoms with E-state index in [1.54, 1.807) is 46.9 Å². The summed E-state index contributed by atoms with van der Waals surface area (Å²) in [5, 5.41) is 7.46. The molecule has 1 amide bonds. The van der Waals surface area contributed by atoms with Crippen LogP contribution in [0.2, 0.25) is 0 Å². The number of esters is 1. The molecule has 0 radical (unpaired) electrons. The summed E-state index contributed by atoms with van der Waals surface area (Å²) < 4.78 is 8.59. The number of carbonyl (C=O) groups excluding carboxylic acids is 3. The molecule has 0 aliphatic carbocycles. The molecule has 0 spiro atoms. The molecule has 0 aliphatic heterocycles. The lowest BCUT2D eigenvalue weighted by atomic mass is 10.6. The molecule has 0 aromatic rings. The van der Waals surface area contributed by atoms with E-state index < -0.39 is 0 Å². The van der Waals surface area contributed by atoms with Gasteiger partial charge in [0.25, 0.3) is 0 Å². The van der Waals surface area contributed by atoms with Crippen LogP contribution in [0.4, 0.5) is 0 Å². The molecule has 40 heavy (non-hydrogen) atoms. The van der Waals surface area contributed by atoms with E-state index >= 15 is 0 Å². The second-order valence-corrected chi connectivity index (χ2v) is 9.79. The fourth-order valence-corrected chi connectivity index (χ4v) is 0. The SMILES string of the molecule is C.C#CC.CC(=N)N(C)C.CC(=O)N(C)C.CC(=S)N(C)C.CC(C)=O.CC(C)=S.COC(C)=O.COC(C)=S. The third-order valence-corrected chi connectivity index (χ3v) is 3.04. The van der Waals surface area contributed by atoms with Gasteiger partial charge in [0.05, 0.1) is 25.0 Å². The maximum atomic E-state index is 10.1. The number of hydrogen-bond acceptors (Lipinski definition) is 9. The van der Waals surface area contributed by atoms with Crippen molar-refractivity contribution in [3.05, 3.63) is 0 Å². The number of terminal acetylenes is 1. The monoisotopic (exact) mass is 628 g/mol. The van der Waals surface area contributed by atoms with Gasteiger partial charge in [-0.2, -0.15) is 0 Å². The minimum absolute atomic E-state index is 0. The Morgan fingerprint density at radius 2 is 0.825 bits per heavy atom. The van der Waals surface area contributed by atoms with Crippen molar-refractivity contribution < 1.29 is 23.9 Å². The van der Waals surface area contributed by atoms with Gasteiger partial charge in [-0.25, -0.2) is 0 Å². The first kappa shape index (κ1) is 61.5. The lowest BCUT2D eigenvalue weighted by molar-refractivity contribution is -0.138. The van der Waals surface area contributed by atoms with Crippen LogP contribution in [0.15, 0.2) is 0 Å². The lowest BCUT2D eigenvalue weighted by Gasteiger charge is -2.06. The van der Waals surface area contributed by atoms with Crippen molar-refractivity contribution in [1.29, 1.82) is 5.41 Å². The van der Waals surface area contributed by atoms with Crippen molar-refractivity contribution >= 4 is 75.1 Å². The quantitative estimate of drug-likeness (QED) is 0.114. The number of nitrogens with one attached hydrogen (secondary N) is 1. The zero-order chi connectivity index (χ0) is 33.9. The zero-order valence-electron chi connectivity index (χ0n) is 27.7. The molecule has 0 aromatic carbocycles. The second-order valence-electron chi connectivity index (χ2n) is 7.80. The fraction of sp³-hybridized carbons (Fsp3) is 0.679. The molecule has 0 rings (SSSR count). The summed E-state index contributed by atoms with van der Waals surface area (Å²) in [4.78, 5) is 36.2. The summed E-state index contributed by atoms with van der Waals surface area (Å²) in [6, 6.07) is 0. The molecule has 12 heteroatoms. The molecule has 9 nitrogen and oxygen atoms in total. The Bertz CT molecular complexity index is 628. The number of methoxy groups -OCH3 is 2. The number of hydrogen-bond donors (Lipinski definition) is 1. The number of amides is 1. The minimum Gasteiger partial charge on any atom is -0.491 e. The van der Waals surface area contributed by atoms with E-state index in [-0.39, 0.29) is 25.1 Å². The Morgan fingerprint density at radius 3 is 0.825 bits per heavy atom. The highest BCUT2D eigenvalue weighted by Gasteiger charge is 1.87. The number of ketones is 1. The highest BCUT2D eigenvalue weighted by molar-refractivity contribution is 7.80. The molecule has 0 atom stereocenters. The first-order valence-electron chi connectivity index (χ1n) is 11.3. The van der Waals surface area contributed by atoms with Gasteiger partial charge in [0, 0.05) is 63.1 Å². The number of thiocarbonyl (C=S) groups is 3. The second kappa shape index (κ2) is 49.5. The first-order chi connectivity index (χ1) is 17.3. The third kappa shape index (κ3) is 232. The van der Waals surface area contributed by atoms with Crippen LogP contribution >= 0.6 is 36.7 Å². The van der Waals surface area contributed by atoms with Crippen LogP contribution in [-0.2, 0) is 23.9 Å². The van der Waals surface area contributed by atoms with E-state index in [1.165, 1.54) is 39.7 Å². The molecule has 240 valence electrons. The number of carbonyl (C=O) groups is 3. The Labute approximate surface area is 263 Å². The lowest BCUT2D eigenvalue weighted by Crippen LogP contribution is -2.17. The molecular weight excluding hydrogens is 569 g/mol. The van der Waals surface area contributed by atoms with Crippen LogP contribution < -0.4 is 0 Å². The van der Waals surface area contributed by atoms with E-state index in [1.807, 2.05) is 53.9 Å². The van der Waals surface area contributed by atoms with Crippen molar-refractivity contribution in [2.75, 3.05) is 56.5 Å². The smallest absolute Gasteiger partial charge is 0.302 e. The van der Waals surface area contributed by atoms with E-state index in [0.717, 1.165) is 9.85 Å². The van der Waals surface area contributed by atoms with Gasteiger partial charge >= 0.3 is 5.97 Å². The van der Waals surface area contributed by atoms with E-state index in [0.29, 0.717) is 10.9 Å². The van der Waals surface area contributed by atoms with E-state index in [9.17, 15) is 14.4 Å². The highest BCUT2D eigenvalue weighted by Crippen LogP contribution is 1.76. The summed E-state index contributed by atoms with van der Waals surface area (Å²) in [5.74, 6) is 2.86. The van der Waals surface area contributed by atoms with Crippen molar-refractivity contribution in [1.82, 2.24) is 14.7 Å². The standard InChI is InChI=1S/C4H10N2.C4H9NO.C4H9NS.C3H6O2.C3H6OS.C3H6O.C3H6S.C3H4.CH4/c1-4(5)6(2)3;2*1-4(6)5(2)3;1-3(4)5-2;1-3(5)4-2;2*1-3(2)4;1-3-2;/h5H,1-3H3;2*1-3H3;2*1-2H3;2*1-2H3;1H,2H3;1H4. The van der Waals surface area contributed by atoms with Crippen molar-refractivity contribution in [3.63, 3.8) is 0 Å². The predicted octanol–water partition coefficient (Wildman–Crippen LogP) is 5.96. The molecule has 0 heterocycles. The van der Waals surface area contributed by atoms with Gasteiger partial charge in [0.1, 0.15) is 5.78 Å². The molecule has 0 aliphatic rings. The van der Waals surface area contributed by atoms with Gasteiger partial charge < -0.3 is 29.0 Å². The van der Waals surface area contributed by atoms with Gasteiger partial charge in [-0.05, 0) is 65.5 Å². The molecule has 0 saturated carbocycles. The zero-order valence-corrected chi connectivity index (χ0v) is 30.1. The predicted molar refractivity (Wildman–Crippen MR) is 188 cm³/mol. The molecule has 0 unspecified atom stereocenters. The molecule has 0 fully saturated rings. The van der Waals surface area contributed by atoms with Crippen molar-refractivity contribution in [3.8, 4) is 12.3 Å². The first-order valence-corrected chi connectivity index (χ1v) is 12.6. The maximum absolute atomic E-state index is 10.1. The number of rotatable bonds is 0. The maximum Gasteiger partial charge on any atom is 0.302 e. The molecule has 1 N–H and O–H groups in total.